The van der Waals surface area contributed by atoms with E-state index in [1.807, 2.05) is 42.7 Å². The molecule has 0 bridgehead atoms. The third-order valence-corrected chi connectivity index (χ3v) is 6.38. The Balaban J connectivity index is 1.89. The molecule has 1 N–H and O–H groups in total. The van der Waals surface area contributed by atoms with E-state index < -0.39 is 10.0 Å². The molecule has 140 valence electrons. The van der Waals surface area contributed by atoms with E-state index in [1.165, 1.54) is 13.2 Å². The van der Waals surface area contributed by atoms with Crippen LogP contribution >= 0.6 is 11.8 Å². The number of rotatable bonds is 7. The number of ether oxygens (including phenoxy) is 1. The standard InChI is InChI=1S/C21H21NO3S2/c1-25-20-12-5-6-13-21(20)27(23,24)22-15-17-8-3-4-11-19(17)16-9-7-10-18(14-16)26-2/h3-14,22H,15H2,1-2H3. The van der Waals surface area contributed by atoms with Gasteiger partial charge in [0, 0.05) is 11.4 Å². The number of benzene rings is 3. The summed E-state index contributed by atoms with van der Waals surface area (Å²) in [4.78, 5) is 1.30. The van der Waals surface area contributed by atoms with Gasteiger partial charge in [0.25, 0.3) is 0 Å². The van der Waals surface area contributed by atoms with E-state index in [0.29, 0.717) is 5.75 Å². The molecular weight excluding hydrogens is 378 g/mol. The number of hydrogen-bond donors (Lipinski definition) is 1. The van der Waals surface area contributed by atoms with Crippen molar-refractivity contribution in [2.45, 2.75) is 16.3 Å². The molecule has 3 aromatic rings. The van der Waals surface area contributed by atoms with Gasteiger partial charge < -0.3 is 4.74 Å². The fraction of sp³-hybridized carbons (Fsp3) is 0.143. The quantitative estimate of drug-likeness (QED) is 0.592. The van der Waals surface area contributed by atoms with E-state index in [-0.39, 0.29) is 11.4 Å². The van der Waals surface area contributed by atoms with Gasteiger partial charge in [-0.2, -0.15) is 0 Å². The lowest BCUT2D eigenvalue weighted by atomic mass is 10.00. The van der Waals surface area contributed by atoms with Gasteiger partial charge in [0.05, 0.1) is 7.11 Å². The first-order chi connectivity index (χ1) is 13.0. The molecule has 0 heterocycles. The fourth-order valence-electron chi connectivity index (χ4n) is 2.84. The Hall–Kier alpha value is -2.28. The lowest BCUT2D eigenvalue weighted by Gasteiger charge is -2.13. The molecule has 3 rings (SSSR count). The second-order valence-corrected chi connectivity index (χ2v) is 8.48. The van der Waals surface area contributed by atoms with Gasteiger partial charge in [-0.05, 0) is 47.2 Å². The normalized spacial score (nSPS) is 11.3. The summed E-state index contributed by atoms with van der Waals surface area (Å²) >= 11 is 1.68. The summed E-state index contributed by atoms with van der Waals surface area (Å²) in [5, 5.41) is 0. The Labute approximate surface area is 164 Å². The van der Waals surface area contributed by atoms with Crippen LogP contribution in [0.1, 0.15) is 5.56 Å². The molecule has 0 fully saturated rings. The molecule has 0 saturated heterocycles. The predicted molar refractivity (Wildman–Crippen MR) is 111 cm³/mol. The van der Waals surface area contributed by atoms with E-state index in [1.54, 1.807) is 30.0 Å². The first kappa shape index (κ1) is 19.5. The van der Waals surface area contributed by atoms with Crippen LogP contribution in [0.15, 0.2) is 82.6 Å². The van der Waals surface area contributed by atoms with E-state index >= 15 is 0 Å². The van der Waals surface area contributed by atoms with Crippen LogP contribution in [0.5, 0.6) is 5.75 Å². The number of sulfonamides is 1. The minimum atomic E-state index is -3.69. The number of methoxy groups -OCH3 is 1. The molecule has 0 atom stereocenters. The highest BCUT2D eigenvalue weighted by atomic mass is 32.2. The summed E-state index contributed by atoms with van der Waals surface area (Å²) in [7, 11) is -2.23. The van der Waals surface area contributed by atoms with Crippen molar-refractivity contribution in [2.75, 3.05) is 13.4 Å². The number of nitrogens with one attached hydrogen (secondary N) is 1. The van der Waals surface area contributed by atoms with E-state index in [0.717, 1.165) is 21.6 Å². The summed E-state index contributed by atoms with van der Waals surface area (Å²) in [5.74, 6) is 0.325. The van der Waals surface area contributed by atoms with Crippen molar-refractivity contribution >= 4 is 21.8 Å². The van der Waals surface area contributed by atoms with Gasteiger partial charge in [-0.1, -0.05) is 48.5 Å². The first-order valence-corrected chi connectivity index (χ1v) is 11.1. The van der Waals surface area contributed by atoms with Crippen LogP contribution in [0.3, 0.4) is 0 Å². The zero-order valence-corrected chi connectivity index (χ0v) is 16.8. The van der Waals surface area contributed by atoms with Gasteiger partial charge in [-0.3, -0.25) is 0 Å². The van der Waals surface area contributed by atoms with Crippen LogP contribution in [0.25, 0.3) is 11.1 Å². The molecule has 0 aromatic heterocycles. The molecule has 0 aliphatic rings. The zero-order chi connectivity index (χ0) is 19.3. The van der Waals surface area contributed by atoms with Crippen molar-refractivity contribution in [1.29, 1.82) is 0 Å². The summed E-state index contributed by atoms with van der Waals surface area (Å²) < 4.78 is 33.4. The molecule has 0 spiro atoms. The predicted octanol–water partition coefficient (Wildman–Crippen LogP) is 4.56. The maximum atomic E-state index is 12.7. The second-order valence-electron chi connectivity index (χ2n) is 5.86. The Morgan fingerprint density at radius 3 is 2.48 bits per heavy atom. The molecule has 0 amide bonds. The zero-order valence-electron chi connectivity index (χ0n) is 15.2. The Morgan fingerprint density at radius 2 is 1.70 bits per heavy atom. The van der Waals surface area contributed by atoms with Crippen molar-refractivity contribution in [3.63, 3.8) is 0 Å². The van der Waals surface area contributed by atoms with Crippen LogP contribution in [-0.2, 0) is 16.6 Å². The average Bonchev–Trinajstić information content (AvgIpc) is 2.72. The SMILES string of the molecule is COc1ccccc1S(=O)(=O)NCc1ccccc1-c1cccc(SC)c1. The Bertz CT molecular complexity index is 1030. The average molecular weight is 400 g/mol. The number of thioether (sulfide) groups is 1. The van der Waals surface area contributed by atoms with Crippen molar-refractivity contribution in [3.05, 3.63) is 78.4 Å². The van der Waals surface area contributed by atoms with Gasteiger partial charge >= 0.3 is 0 Å². The van der Waals surface area contributed by atoms with E-state index in [2.05, 4.69) is 16.9 Å². The summed E-state index contributed by atoms with van der Waals surface area (Å²) in [5.41, 5.74) is 2.99. The lowest BCUT2D eigenvalue weighted by molar-refractivity contribution is 0.402. The maximum Gasteiger partial charge on any atom is 0.244 e. The molecule has 0 aliphatic heterocycles. The summed E-state index contributed by atoms with van der Waals surface area (Å²) in [6.45, 7) is 0.194. The molecule has 3 aromatic carbocycles. The van der Waals surface area contributed by atoms with Crippen LogP contribution in [0.4, 0.5) is 0 Å². The lowest BCUT2D eigenvalue weighted by Crippen LogP contribution is -2.24. The smallest absolute Gasteiger partial charge is 0.244 e. The molecule has 0 saturated carbocycles. The highest BCUT2D eigenvalue weighted by Gasteiger charge is 2.19. The van der Waals surface area contributed by atoms with Gasteiger partial charge in [0.2, 0.25) is 10.0 Å². The van der Waals surface area contributed by atoms with Crippen LogP contribution in [-0.4, -0.2) is 21.8 Å². The van der Waals surface area contributed by atoms with Crippen molar-refractivity contribution in [1.82, 2.24) is 4.72 Å². The highest BCUT2D eigenvalue weighted by molar-refractivity contribution is 7.98. The fourth-order valence-corrected chi connectivity index (χ4v) is 4.47. The summed E-state index contributed by atoms with van der Waals surface area (Å²) in [6, 6.07) is 22.6. The van der Waals surface area contributed by atoms with Crippen molar-refractivity contribution in [2.24, 2.45) is 0 Å². The van der Waals surface area contributed by atoms with Crippen LogP contribution < -0.4 is 9.46 Å². The Kier molecular flexibility index (Phi) is 6.21. The first-order valence-electron chi connectivity index (χ1n) is 8.40. The minimum Gasteiger partial charge on any atom is -0.495 e. The van der Waals surface area contributed by atoms with E-state index in [9.17, 15) is 8.42 Å². The van der Waals surface area contributed by atoms with Crippen LogP contribution in [0.2, 0.25) is 0 Å². The topological polar surface area (TPSA) is 55.4 Å². The van der Waals surface area contributed by atoms with Gasteiger partial charge in [-0.15, -0.1) is 11.8 Å². The molecule has 0 radical (unpaired) electrons. The largest absolute Gasteiger partial charge is 0.495 e. The number of hydrogen-bond acceptors (Lipinski definition) is 4. The number of para-hydroxylation sites is 1. The monoisotopic (exact) mass is 399 g/mol. The molecule has 4 nitrogen and oxygen atoms in total. The highest BCUT2D eigenvalue weighted by Crippen LogP contribution is 2.28. The third kappa shape index (κ3) is 4.53. The maximum absolute atomic E-state index is 12.7. The minimum absolute atomic E-state index is 0.134. The molecule has 0 aliphatic carbocycles. The second kappa shape index (κ2) is 8.61. The summed E-state index contributed by atoms with van der Waals surface area (Å²) in [6.07, 6.45) is 2.03. The van der Waals surface area contributed by atoms with Crippen molar-refractivity contribution in [3.8, 4) is 16.9 Å². The molecular formula is C21H21NO3S2. The molecule has 6 heteroatoms. The van der Waals surface area contributed by atoms with Crippen LogP contribution in [0, 0.1) is 0 Å². The molecule has 27 heavy (non-hydrogen) atoms. The Morgan fingerprint density at radius 1 is 0.963 bits per heavy atom. The van der Waals surface area contributed by atoms with Gasteiger partial charge in [0.1, 0.15) is 10.6 Å². The molecule has 0 unspecified atom stereocenters. The van der Waals surface area contributed by atoms with E-state index in [4.69, 9.17) is 4.74 Å². The third-order valence-electron chi connectivity index (χ3n) is 4.21. The van der Waals surface area contributed by atoms with Gasteiger partial charge in [-0.25, -0.2) is 13.1 Å². The van der Waals surface area contributed by atoms with Gasteiger partial charge in [0.15, 0.2) is 0 Å². The van der Waals surface area contributed by atoms with Crippen molar-refractivity contribution < 1.29 is 13.2 Å².